The number of thioether (sulfide) groups is 1. The minimum Gasteiger partial charge on any atom is -0.265 e. The molecule has 0 fully saturated rings. The van der Waals surface area contributed by atoms with Crippen molar-refractivity contribution in [1.82, 2.24) is 14.9 Å². The first kappa shape index (κ1) is 15.4. The Bertz CT molecular complexity index is 793. The molecule has 1 aliphatic heterocycles. The summed E-state index contributed by atoms with van der Waals surface area (Å²) in [6, 6.07) is 8.02. The molecule has 0 amide bonds. The van der Waals surface area contributed by atoms with Crippen LogP contribution >= 0.6 is 27.7 Å². The lowest BCUT2D eigenvalue weighted by molar-refractivity contribution is 0.508. The van der Waals surface area contributed by atoms with Gasteiger partial charge in [0.15, 0.2) is 0 Å². The lowest BCUT2D eigenvalue weighted by atomic mass is 9.93. The van der Waals surface area contributed by atoms with Gasteiger partial charge in [0.25, 0.3) is 5.56 Å². The van der Waals surface area contributed by atoms with Crippen LogP contribution in [-0.2, 0) is 5.41 Å². The van der Waals surface area contributed by atoms with Crippen molar-refractivity contribution in [2.24, 2.45) is 5.10 Å². The van der Waals surface area contributed by atoms with Gasteiger partial charge in [0.1, 0.15) is 5.69 Å². The van der Waals surface area contributed by atoms with E-state index in [2.05, 4.69) is 31.2 Å². The summed E-state index contributed by atoms with van der Waals surface area (Å²) in [5.74, 6) is 0. The molecule has 7 heteroatoms. The average Bonchev–Trinajstić information content (AvgIpc) is 2.46. The summed E-state index contributed by atoms with van der Waals surface area (Å²) in [7, 11) is 0. The molecule has 0 aliphatic carbocycles. The van der Waals surface area contributed by atoms with Gasteiger partial charge in [0.05, 0.1) is 5.25 Å². The summed E-state index contributed by atoms with van der Waals surface area (Å²) in [6.45, 7) is 5.82. The SMILES string of the molecule is CC(C)(C)c1nnc2n(c1=O)N=CC(c1ccc(Br)cc1)S2. The molecule has 1 unspecified atom stereocenters. The maximum absolute atomic E-state index is 12.5. The van der Waals surface area contributed by atoms with E-state index in [1.807, 2.05) is 45.0 Å². The Morgan fingerprint density at radius 2 is 1.86 bits per heavy atom. The van der Waals surface area contributed by atoms with E-state index < -0.39 is 0 Å². The highest BCUT2D eigenvalue weighted by atomic mass is 79.9. The van der Waals surface area contributed by atoms with E-state index in [1.54, 1.807) is 6.21 Å². The normalized spacial score (nSPS) is 17.4. The van der Waals surface area contributed by atoms with Crippen LogP contribution in [0.5, 0.6) is 0 Å². The molecule has 0 N–H and O–H groups in total. The van der Waals surface area contributed by atoms with Crippen molar-refractivity contribution in [3.05, 3.63) is 50.3 Å². The largest absolute Gasteiger partial charge is 0.297 e. The van der Waals surface area contributed by atoms with E-state index in [0.717, 1.165) is 10.0 Å². The van der Waals surface area contributed by atoms with Crippen LogP contribution in [0, 0.1) is 0 Å². The summed E-state index contributed by atoms with van der Waals surface area (Å²) < 4.78 is 2.37. The predicted molar refractivity (Wildman–Crippen MR) is 91.6 cm³/mol. The minimum absolute atomic E-state index is 0.0299. The van der Waals surface area contributed by atoms with E-state index in [9.17, 15) is 4.79 Å². The van der Waals surface area contributed by atoms with Crippen LogP contribution in [0.3, 0.4) is 0 Å². The Labute approximate surface area is 141 Å². The Kier molecular flexibility index (Phi) is 3.94. The highest BCUT2D eigenvalue weighted by Gasteiger charge is 2.26. The highest BCUT2D eigenvalue weighted by molar-refractivity contribution is 9.10. The quantitative estimate of drug-likeness (QED) is 0.762. The number of nitrogens with zero attached hydrogens (tertiary/aromatic N) is 4. The molecule has 5 nitrogen and oxygen atoms in total. The van der Waals surface area contributed by atoms with Crippen LogP contribution in [-0.4, -0.2) is 21.1 Å². The fraction of sp³-hybridized carbons (Fsp3) is 0.333. The van der Waals surface area contributed by atoms with Crippen molar-refractivity contribution in [2.75, 3.05) is 0 Å². The van der Waals surface area contributed by atoms with Crippen LogP contribution in [0.15, 0.2) is 43.8 Å². The maximum atomic E-state index is 12.5. The second-order valence-electron chi connectivity index (χ2n) is 6.05. The molecule has 1 aliphatic rings. The summed E-state index contributed by atoms with van der Waals surface area (Å²) in [5, 5.41) is 13.2. The topological polar surface area (TPSA) is 60.1 Å². The summed E-state index contributed by atoms with van der Waals surface area (Å²) >= 11 is 4.90. The second-order valence-corrected chi connectivity index (χ2v) is 8.08. The Balaban J connectivity index is 1.98. The van der Waals surface area contributed by atoms with Gasteiger partial charge in [0.2, 0.25) is 5.16 Å². The van der Waals surface area contributed by atoms with Crippen molar-refractivity contribution in [3.63, 3.8) is 0 Å². The van der Waals surface area contributed by atoms with Gasteiger partial charge in [-0.05, 0) is 17.7 Å². The van der Waals surface area contributed by atoms with Crippen molar-refractivity contribution < 1.29 is 0 Å². The zero-order chi connectivity index (χ0) is 15.9. The van der Waals surface area contributed by atoms with E-state index in [4.69, 9.17) is 0 Å². The molecular formula is C15H15BrN4OS. The van der Waals surface area contributed by atoms with Gasteiger partial charge in [-0.3, -0.25) is 4.79 Å². The number of hydrogen-bond donors (Lipinski definition) is 0. The fourth-order valence-corrected chi connectivity index (χ4v) is 3.31. The zero-order valence-corrected chi connectivity index (χ0v) is 14.8. The summed E-state index contributed by atoms with van der Waals surface area (Å²) in [6.07, 6.45) is 1.77. The molecule has 2 aromatic rings. The first-order valence-corrected chi connectivity index (χ1v) is 8.50. The summed E-state index contributed by atoms with van der Waals surface area (Å²) in [5.41, 5.74) is 0.985. The molecule has 22 heavy (non-hydrogen) atoms. The number of benzene rings is 1. The number of halogens is 1. The van der Waals surface area contributed by atoms with Crippen LogP contribution in [0.2, 0.25) is 0 Å². The van der Waals surface area contributed by atoms with Crippen LogP contribution < -0.4 is 5.56 Å². The Morgan fingerprint density at radius 3 is 2.50 bits per heavy atom. The number of fused-ring (bicyclic) bond motifs is 1. The molecule has 2 heterocycles. The number of hydrogen-bond acceptors (Lipinski definition) is 5. The van der Waals surface area contributed by atoms with Gasteiger partial charge < -0.3 is 0 Å². The van der Waals surface area contributed by atoms with Crippen LogP contribution in [0.4, 0.5) is 0 Å². The molecule has 0 radical (unpaired) electrons. The lowest BCUT2D eigenvalue weighted by Crippen LogP contribution is -2.33. The lowest BCUT2D eigenvalue weighted by Gasteiger charge is -2.21. The number of rotatable bonds is 1. The second kappa shape index (κ2) is 5.62. The monoisotopic (exact) mass is 378 g/mol. The fourth-order valence-electron chi connectivity index (χ4n) is 2.09. The first-order valence-electron chi connectivity index (χ1n) is 6.83. The van der Waals surface area contributed by atoms with E-state index >= 15 is 0 Å². The predicted octanol–water partition coefficient (Wildman–Crippen LogP) is 3.38. The smallest absolute Gasteiger partial charge is 0.265 e. The maximum Gasteiger partial charge on any atom is 0.297 e. The van der Waals surface area contributed by atoms with Crippen LogP contribution in [0.1, 0.15) is 37.3 Å². The third kappa shape index (κ3) is 2.87. The van der Waals surface area contributed by atoms with Gasteiger partial charge in [-0.25, -0.2) is 0 Å². The standard InChI is InChI=1S/C15H15BrN4OS/c1-15(2,3)12-13(21)20-14(19-18-12)22-11(8-17-20)9-4-6-10(16)7-5-9/h4-8,11H,1-3H3. The van der Waals surface area contributed by atoms with Crippen molar-refractivity contribution >= 4 is 33.9 Å². The first-order chi connectivity index (χ1) is 10.4. The molecule has 0 saturated carbocycles. The molecule has 0 spiro atoms. The van der Waals surface area contributed by atoms with Crippen LogP contribution in [0.25, 0.3) is 0 Å². The molecule has 0 saturated heterocycles. The zero-order valence-electron chi connectivity index (χ0n) is 12.4. The third-order valence-electron chi connectivity index (χ3n) is 3.27. The molecule has 1 atom stereocenters. The van der Waals surface area contributed by atoms with E-state index in [-0.39, 0.29) is 16.2 Å². The van der Waals surface area contributed by atoms with Gasteiger partial charge in [-0.15, -0.1) is 10.2 Å². The van der Waals surface area contributed by atoms with Crippen molar-refractivity contribution in [1.29, 1.82) is 0 Å². The van der Waals surface area contributed by atoms with E-state index in [1.165, 1.54) is 16.4 Å². The Hall–Kier alpha value is -1.47. The summed E-state index contributed by atoms with van der Waals surface area (Å²) in [4.78, 5) is 12.5. The minimum atomic E-state index is -0.352. The van der Waals surface area contributed by atoms with Crippen molar-refractivity contribution in [3.8, 4) is 0 Å². The Morgan fingerprint density at radius 1 is 1.18 bits per heavy atom. The van der Waals surface area contributed by atoms with Gasteiger partial charge >= 0.3 is 0 Å². The van der Waals surface area contributed by atoms with Gasteiger partial charge in [-0.2, -0.15) is 9.78 Å². The molecule has 1 aromatic carbocycles. The molecule has 1 aromatic heterocycles. The van der Waals surface area contributed by atoms with E-state index in [0.29, 0.717) is 10.9 Å². The third-order valence-corrected chi connectivity index (χ3v) is 4.91. The molecule has 0 bridgehead atoms. The van der Waals surface area contributed by atoms with Gasteiger partial charge in [-0.1, -0.05) is 60.6 Å². The average molecular weight is 379 g/mol. The molecule has 114 valence electrons. The molecule has 3 rings (SSSR count). The van der Waals surface area contributed by atoms with Crippen molar-refractivity contribution in [2.45, 2.75) is 36.6 Å². The van der Waals surface area contributed by atoms with Gasteiger partial charge in [0, 0.05) is 16.1 Å². The molecular weight excluding hydrogens is 364 g/mol. The number of aromatic nitrogens is 3. The highest BCUT2D eigenvalue weighted by Crippen LogP contribution is 2.35.